The average molecular weight is 300 g/mol. The largest absolute Gasteiger partial charge is 0.393 e. The highest BCUT2D eigenvalue weighted by atomic mass is 19.1. The normalized spacial score (nSPS) is 17.6. The number of alkyl halides is 1. The van der Waals surface area contributed by atoms with Gasteiger partial charge in [-0.2, -0.15) is 0 Å². The van der Waals surface area contributed by atoms with Crippen LogP contribution in [0.3, 0.4) is 0 Å². The zero-order valence-corrected chi connectivity index (χ0v) is 11.3. The first-order chi connectivity index (χ1) is 10.0. The number of imidazole rings is 1. The number of aliphatic hydroxyl groups is 2. The summed E-state index contributed by atoms with van der Waals surface area (Å²) in [6, 6.07) is 0. The van der Waals surface area contributed by atoms with Crippen molar-refractivity contribution in [1.82, 2.24) is 19.5 Å². The molecule has 0 aliphatic carbocycles. The van der Waals surface area contributed by atoms with Crippen molar-refractivity contribution in [3.05, 3.63) is 12.7 Å². The Morgan fingerprint density at radius 2 is 2.19 bits per heavy atom. The van der Waals surface area contributed by atoms with Gasteiger partial charge in [0.15, 0.2) is 11.5 Å². The summed E-state index contributed by atoms with van der Waals surface area (Å²) in [6.07, 6.45) is -1.42. The first-order valence-electron chi connectivity index (χ1n) is 6.12. The van der Waals surface area contributed by atoms with E-state index in [9.17, 15) is 14.6 Å². The molecule has 2 aromatic heterocycles. The van der Waals surface area contributed by atoms with Crippen molar-refractivity contribution in [1.29, 1.82) is 0 Å². The smallest absolute Gasteiger partial charge is 0.207 e. The molecule has 0 bridgehead atoms. The van der Waals surface area contributed by atoms with Gasteiger partial charge in [-0.1, -0.05) is 0 Å². The van der Waals surface area contributed by atoms with Gasteiger partial charge in [-0.05, 0) is 0 Å². The van der Waals surface area contributed by atoms with Crippen molar-refractivity contribution >= 4 is 17.0 Å². The first kappa shape index (κ1) is 15.5. The number of nitrogen functional groups attached to an aromatic ring is 1. The van der Waals surface area contributed by atoms with Crippen molar-refractivity contribution < 1.29 is 19.3 Å². The minimum Gasteiger partial charge on any atom is -0.393 e. The highest BCUT2D eigenvalue weighted by Gasteiger charge is 2.43. The molecule has 2 heterocycles. The number of methoxy groups -OCH3 is 1. The second-order valence-electron chi connectivity index (χ2n) is 4.53. The number of ether oxygens (including phenoxy) is 1. The van der Waals surface area contributed by atoms with Crippen LogP contribution in [-0.4, -0.2) is 61.7 Å². The van der Waals surface area contributed by atoms with Crippen LogP contribution < -0.4 is 11.5 Å². The zero-order valence-electron chi connectivity index (χ0n) is 11.3. The van der Waals surface area contributed by atoms with Gasteiger partial charge in [-0.3, -0.25) is 4.57 Å². The molecule has 2 rings (SSSR count). The summed E-state index contributed by atoms with van der Waals surface area (Å²) in [6.45, 7) is -0.920. The Kier molecular flexibility index (Phi) is 4.32. The van der Waals surface area contributed by atoms with Gasteiger partial charge in [0, 0.05) is 13.7 Å². The minimum atomic E-state index is -1.99. The van der Waals surface area contributed by atoms with E-state index in [1.807, 2.05) is 0 Å². The van der Waals surface area contributed by atoms with E-state index < -0.39 is 24.6 Å². The lowest BCUT2D eigenvalue weighted by Crippen LogP contribution is -2.55. The van der Waals surface area contributed by atoms with E-state index in [1.54, 1.807) is 0 Å². The van der Waals surface area contributed by atoms with Crippen LogP contribution in [0.2, 0.25) is 0 Å². The van der Waals surface area contributed by atoms with E-state index in [0.717, 1.165) is 17.2 Å². The zero-order chi connectivity index (χ0) is 15.6. The van der Waals surface area contributed by atoms with E-state index in [-0.39, 0.29) is 23.5 Å². The molecule has 21 heavy (non-hydrogen) atoms. The molecule has 0 saturated carbocycles. The molecule has 0 fully saturated rings. The Balaban J connectivity index is 2.42. The third-order valence-corrected chi connectivity index (χ3v) is 3.47. The molecule has 0 aliphatic heterocycles. The molecule has 3 atom stereocenters. The van der Waals surface area contributed by atoms with Gasteiger partial charge < -0.3 is 26.4 Å². The van der Waals surface area contributed by atoms with Gasteiger partial charge in [-0.15, -0.1) is 0 Å². The lowest BCUT2D eigenvalue weighted by atomic mass is 9.96. The van der Waals surface area contributed by atoms with Crippen LogP contribution in [0.4, 0.5) is 10.2 Å². The number of fused-ring (bicyclic) bond motifs is 1. The molecular weight excluding hydrogens is 283 g/mol. The number of rotatable bonds is 6. The Morgan fingerprint density at radius 1 is 1.48 bits per heavy atom. The summed E-state index contributed by atoms with van der Waals surface area (Å²) in [5, 5.41) is 19.5. The summed E-state index contributed by atoms with van der Waals surface area (Å²) in [5.74, 6) is 0.0967. The molecule has 10 heteroatoms. The predicted octanol–water partition coefficient (Wildman–Crippen LogP) is -1.43. The van der Waals surface area contributed by atoms with Crippen LogP contribution in [-0.2, 0) is 4.74 Å². The first-order valence-corrected chi connectivity index (χ1v) is 6.12. The summed E-state index contributed by atoms with van der Waals surface area (Å²) in [7, 11) is 1.23. The summed E-state index contributed by atoms with van der Waals surface area (Å²) in [4.78, 5) is 11.5. The summed E-state index contributed by atoms with van der Waals surface area (Å²) >= 11 is 0. The third-order valence-electron chi connectivity index (χ3n) is 3.47. The van der Waals surface area contributed by atoms with Gasteiger partial charge in [-0.25, -0.2) is 19.3 Å². The number of aliphatic hydroxyl groups excluding tert-OH is 2. The van der Waals surface area contributed by atoms with Crippen LogP contribution >= 0.6 is 0 Å². The van der Waals surface area contributed by atoms with Crippen LogP contribution in [0, 0.1) is 0 Å². The molecule has 0 radical (unpaired) electrons. The number of anilines is 1. The van der Waals surface area contributed by atoms with E-state index in [0.29, 0.717) is 0 Å². The lowest BCUT2D eigenvalue weighted by molar-refractivity contribution is -0.157. The average Bonchev–Trinajstić information content (AvgIpc) is 2.94. The molecular formula is C11H17FN6O3. The SMILES string of the molecule is CO[C@](CN)(CO)[C@@H](O)[C@@H](F)n1cnc2c(N)ncnc21. The summed E-state index contributed by atoms with van der Waals surface area (Å²) < 4.78 is 20.6. The van der Waals surface area contributed by atoms with Crippen LogP contribution in [0.5, 0.6) is 0 Å². The van der Waals surface area contributed by atoms with Crippen LogP contribution in [0.15, 0.2) is 12.7 Å². The van der Waals surface area contributed by atoms with Crippen LogP contribution in [0.1, 0.15) is 6.30 Å². The maximum absolute atomic E-state index is 14.6. The molecule has 0 saturated heterocycles. The van der Waals surface area contributed by atoms with Crippen molar-refractivity contribution in [2.45, 2.75) is 18.0 Å². The van der Waals surface area contributed by atoms with Crippen molar-refractivity contribution in [2.24, 2.45) is 5.73 Å². The fourth-order valence-electron chi connectivity index (χ4n) is 2.00. The topological polar surface area (TPSA) is 145 Å². The molecule has 2 aromatic rings. The van der Waals surface area contributed by atoms with E-state index in [1.165, 1.54) is 7.11 Å². The maximum atomic E-state index is 14.6. The van der Waals surface area contributed by atoms with Gasteiger partial charge >= 0.3 is 0 Å². The Hall–Kier alpha value is -1.88. The second kappa shape index (κ2) is 5.85. The highest BCUT2D eigenvalue weighted by Crippen LogP contribution is 2.28. The minimum absolute atomic E-state index is 0.0967. The standard InChI is InChI=1S/C11H17FN6O3/c1-21-11(2-13,3-19)7(20)8(12)18-5-17-6-9(14)15-4-16-10(6)18/h4-5,7-8,19-20H,2-3,13H2,1H3,(H2,14,15,16)/t7-,8-,11+/m0/s1. The fourth-order valence-corrected chi connectivity index (χ4v) is 2.00. The maximum Gasteiger partial charge on any atom is 0.207 e. The predicted molar refractivity (Wildman–Crippen MR) is 71.8 cm³/mol. The van der Waals surface area contributed by atoms with Crippen molar-refractivity contribution in [2.75, 3.05) is 26.0 Å². The number of halogens is 1. The molecule has 0 aliphatic rings. The van der Waals surface area contributed by atoms with Gasteiger partial charge in [0.2, 0.25) is 6.30 Å². The van der Waals surface area contributed by atoms with Gasteiger partial charge in [0.1, 0.15) is 23.5 Å². The molecule has 6 N–H and O–H groups in total. The van der Waals surface area contributed by atoms with E-state index >= 15 is 0 Å². The molecule has 0 unspecified atom stereocenters. The lowest BCUT2D eigenvalue weighted by Gasteiger charge is -2.35. The quantitative estimate of drug-likeness (QED) is 0.508. The Morgan fingerprint density at radius 3 is 2.76 bits per heavy atom. The molecule has 0 aromatic carbocycles. The number of hydrogen-bond acceptors (Lipinski definition) is 8. The summed E-state index contributed by atoms with van der Waals surface area (Å²) in [5.41, 5.74) is 9.79. The number of nitrogens with zero attached hydrogens (tertiary/aromatic N) is 4. The van der Waals surface area contributed by atoms with Gasteiger partial charge in [0.25, 0.3) is 0 Å². The van der Waals surface area contributed by atoms with Crippen molar-refractivity contribution in [3.8, 4) is 0 Å². The van der Waals surface area contributed by atoms with E-state index in [2.05, 4.69) is 15.0 Å². The second-order valence-corrected chi connectivity index (χ2v) is 4.53. The molecule has 0 amide bonds. The molecule has 9 nitrogen and oxygen atoms in total. The van der Waals surface area contributed by atoms with E-state index in [4.69, 9.17) is 16.2 Å². The number of nitrogens with two attached hydrogens (primary N) is 2. The Bertz CT molecular complexity index is 609. The molecule has 0 spiro atoms. The molecule has 116 valence electrons. The number of hydrogen-bond donors (Lipinski definition) is 4. The highest BCUT2D eigenvalue weighted by molar-refractivity contribution is 5.81. The third kappa shape index (κ3) is 2.42. The van der Waals surface area contributed by atoms with Gasteiger partial charge in [0.05, 0.1) is 12.9 Å². The van der Waals surface area contributed by atoms with Crippen LogP contribution in [0.25, 0.3) is 11.2 Å². The Labute approximate surface area is 119 Å². The monoisotopic (exact) mass is 300 g/mol. The number of aromatic nitrogens is 4. The van der Waals surface area contributed by atoms with Crippen molar-refractivity contribution in [3.63, 3.8) is 0 Å². The fraction of sp³-hybridized carbons (Fsp3) is 0.545.